The summed E-state index contributed by atoms with van der Waals surface area (Å²) in [7, 11) is 0. The Kier molecular flexibility index (Phi) is 4.20. The molecule has 0 unspecified atom stereocenters. The average molecular weight is 395 g/mol. The quantitative estimate of drug-likeness (QED) is 0.666. The Morgan fingerprint density at radius 2 is 1.86 bits per heavy atom. The molecule has 5 nitrogen and oxygen atoms in total. The van der Waals surface area contributed by atoms with Crippen LogP contribution in [0.3, 0.4) is 0 Å². The monoisotopic (exact) mass is 395 g/mol. The second-order valence-electron chi connectivity index (χ2n) is 7.58. The van der Waals surface area contributed by atoms with Crippen molar-refractivity contribution in [3.8, 4) is 11.3 Å². The van der Waals surface area contributed by atoms with E-state index in [1.54, 1.807) is 35.4 Å². The van der Waals surface area contributed by atoms with Gasteiger partial charge in [-0.15, -0.1) is 0 Å². The van der Waals surface area contributed by atoms with Gasteiger partial charge in [0.25, 0.3) is 5.91 Å². The first-order chi connectivity index (χ1) is 14.0. The third-order valence-electron chi connectivity index (χ3n) is 5.74. The van der Waals surface area contributed by atoms with Crippen LogP contribution < -0.4 is 0 Å². The molecule has 2 aromatic carbocycles. The first-order valence-corrected chi connectivity index (χ1v) is 9.53. The SMILES string of the molecule is O=C(c1ccccc1F)N1CC[C@]2(C1)Cn1c(-c3ccc(F)cc3)cnc1CO2. The molecule has 5 rings (SSSR count). The Hall–Kier alpha value is -3.06. The van der Waals surface area contributed by atoms with E-state index < -0.39 is 11.4 Å². The van der Waals surface area contributed by atoms with E-state index in [0.29, 0.717) is 32.7 Å². The standard InChI is InChI=1S/C22H19F2N3O2/c23-16-7-5-15(6-8-16)19-11-25-20-12-29-22(14-27(19)20)9-10-26(13-22)21(28)17-3-1-2-4-18(17)24/h1-8,11H,9-10,12-14H2/t22-/m0/s1. The molecule has 1 atom stereocenters. The van der Waals surface area contributed by atoms with E-state index >= 15 is 0 Å². The fourth-order valence-corrected chi connectivity index (χ4v) is 4.18. The molecule has 0 bridgehead atoms. The Bertz CT molecular complexity index is 1080. The van der Waals surface area contributed by atoms with Crippen molar-refractivity contribution in [3.63, 3.8) is 0 Å². The van der Waals surface area contributed by atoms with E-state index in [2.05, 4.69) is 9.55 Å². The van der Waals surface area contributed by atoms with Gasteiger partial charge in [0.15, 0.2) is 0 Å². The molecular weight excluding hydrogens is 376 g/mol. The highest BCUT2D eigenvalue weighted by Gasteiger charge is 2.44. The Morgan fingerprint density at radius 3 is 2.66 bits per heavy atom. The molecule has 1 spiro atoms. The van der Waals surface area contributed by atoms with Crippen LogP contribution in [0.4, 0.5) is 8.78 Å². The highest BCUT2D eigenvalue weighted by Crippen LogP contribution is 2.35. The van der Waals surface area contributed by atoms with E-state index in [1.165, 1.54) is 24.3 Å². The molecule has 7 heteroatoms. The number of ether oxygens (including phenoxy) is 1. The molecule has 1 saturated heterocycles. The lowest BCUT2D eigenvalue weighted by atomic mass is 10.0. The van der Waals surface area contributed by atoms with Crippen molar-refractivity contribution in [2.45, 2.75) is 25.2 Å². The van der Waals surface area contributed by atoms with Crippen molar-refractivity contribution in [2.24, 2.45) is 0 Å². The van der Waals surface area contributed by atoms with Gasteiger partial charge in [-0.25, -0.2) is 13.8 Å². The zero-order chi connectivity index (χ0) is 20.0. The van der Waals surface area contributed by atoms with Gasteiger partial charge in [0.2, 0.25) is 0 Å². The molecule has 0 saturated carbocycles. The van der Waals surface area contributed by atoms with E-state index in [0.717, 1.165) is 17.1 Å². The predicted octanol–water partition coefficient (Wildman–Crippen LogP) is 3.64. The predicted molar refractivity (Wildman–Crippen MR) is 102 cm³/mol. The van der Waals surface area contributed by atoms with Gasteiger partial charge in [-0.3, -0.25) is 4.79 Å². The minimum absolute atomic E-state index is 0.0793. The molecule has 1 fully saturated rings. The number of amides is 1. The number of benzene rings is 2. The largest absolute Gasteiger partial charge is 0.363 e. The second-order valence-corrected chi connectivity index (χ2v) is 7.58. The number of hydrogen-bond acceptors (Lipinski definition) is 3. The lowest BCUT2D eigenvalue weighted by Gasteiger charge is -2.35. The van der Waals surface area contributed by atoms with E-state index in [-0.39, 0.29) is 17.3 Å². The van der Waals surface area contributed by atoms with E-state index in [1.807, 2.05) is 0 Å². The van der Waals surface area contributed by atoms with Gasteiger partial charge in [0, 0.05) is 6.54 Å². The van der Waals surface area contributed by atoms with Crippen molar-refractivity contribution in [3.05, 3.63) is 77.8 Å². The van der Waals surface area contributed by atoms with Crippen LogP contribution in [0.25, 0.3) is 11.3 Å². The number of carbonyl (C=O) groups is 1. The van der Waals surface area contributed by atoms with Crippen molar-refractivity contribution in [2.75, 3.05) is 13.1 Å². The smallest absolute Gasteiger partial charge is 0.256 e. The molecule has 2 aliphatic heterocycles. The molecule has 0 N–H and O–H groups in total. The lowest BCUT2D eigenvalue weighted by Crippen LogP contribution is -2.45. The number of imidazole rings is 1. The molecular formula is C22H19F2N3O2. The van der Waals surface area contributed by atoms with Gasteiger partial charge >= 0.3 is 0 Å². The first kappa shape index (κ1) is 18.0. The van der Waals surface area contributed by atoms with Crippen LogP contribution >= 0.6 is 0 Å². The minimum atomic E-state index is -0.538. The van der Waals surface area contributed by atoms with Crippen molar-refractivity contribution >= 4 is 5.91 Å². The Labute approximate surface area is 166 Å². The number of nitrogens with zero attached hydrogens (tertiary/aromatic N) is 3. The summed E-state index contributed by atoms with van der Waals surface area (Å²) < 4.78 is 35.5. The number of aromatic nitrogens is 2. The molecule has 0 aliphatic carbocycles. The Balaban J connectivity index is 1.40. The minimum Gasteiger partial charge on any atom is -0.363 e. The third kappa shape index (κ3) is 3.11. The van der Waals surface area contributed by atoms with Crippen LogP contribution in [0.15, 0.2) is 54.7 Å². The number of fused-ring (bicyclic) bond motifs is 1. The normalized spacial score (nSPS) is 20.8. The number of halogens is 2. The van der Waals surface area contributed by atoms with Gasteiger partial charge in [-0.1, -0.05) is 12.1 Å². The van der Waals surface area contributed by atoms with Crippen LogP contribution in [-0.2, 0) is 17.9 Å². The fourth-order valence-electron chi connectivity index (χ4n) is 4.18. The lowest BCUT2D eigenvalue weighted by molar-refractivity contribution is -0.0804. The summed E-state index contributed by atoms with van der Waals surface area (Å²) in [6, 6.07) is 12.3. The Morgan fingerprint density at radius 1 is 1.07 bits per heavy atom. The maximum Gasteiger partial charge on any atom is 0.256 e. The van der Waals surface area contributed by atoms with Crippen LogP contribution in [-0.4, -0.2) is 39.0 Å². The molecule has 0 radical (unpaired) electrons. The third-order valence-corrected chi connectivity index (χ3v) is 5.74. The number of hydrogen-bond donors (Lipinski definition) is 0. The highest BCUT2D eigenvalue weighted by atomic mass is 19.1. The van der Waals surface area contributed by atoms with Crippen LogP contribution in [0.5, 0.6) is 0 Å². The molecule has 3 heterocycles. The van der Waals surface area contributed by atoms with Gasteiger partial charge in [0.1, 0.15) is 29.7 Å². The highest BCUT2D eigenvalue weighted by molar-refractivity contribution is 5.94. The summed E-state index contributed by atoms with van der Waals surface area (Å²) in [4.78, 5) is 18.9. The van der Waals surface area contributed by atoms with Gasteiger partial charge in [-0.05, 0) is 48.4 Å². The molecule has 148 valence electrons. The van der Waals surface area contributed by atoms with Gasteiger partial charge < -0.3 is 14.2 Å². The summed E-state index contributed by atoms with van der Waals surface area (Å²) in [6.07, 6.45) is 2.43. The molecule has 29 heavy (non-hydrogen) atoms. The van der Waals surface area contributed by atoms with Crippen LogP contribution in [0.2, 0.25) is 0 Å². The van der Waals surface area contributed by atoms with Crippen LogP contribution in [0.1, 0.15) is 22.6 Å². The number of carbonyl (C=O) groups excluding carboxylic acids is 1. The van der Waals surface area contributed by atoms with E-state index in [4.69, 9.17) is 4.74 Å². The van der Waals surface area contributed by atoms with Crippen molar-refractivity contribution < 1.29 is 18.3 Å². The van der Waals surface area contributed by atoms with Crippen molar-refractivity contribution in [1.82, 2.24) is 14.5 Å². The second kappa shape index (κ2) is 6.77. The zero-order valence-corrected chi connectivity index (χ0v) is 15.6. The molecule has 1 amide bonds. The number of rotatable bonds is 2. The summed E-state index contributed by atoms with van der Waals surface area (Å²) in [6.45, 7) is 1.77. The average Bonchev–Trinajstić information content (AvgIpc) is 3.33. The molecule has 2 aliphatic rings. The van der Waals surface area contributed by atoms with Crippen molar-refractivity contribution in [1.29, 1.82) is 0 Å². The summed E-state index contributed by atoms with van der Waals surface area (Å²) >= 11 is 0. The topological polar surface area (TPSA) is 47.4 Å². The summed E-state index contributed by atoms with van der Waals surface area (Å²) in [5.74, 6) is -0.323. The maximum absolute atomic E-state index is 14.0. The summed E-state index contributed by atoms with van der Waals surface area (Å²) in [5.41, 5.74) is 1.31. The fraction of sp³-hybridized carbons (Fsp3) is 0.273. The first-order valence-electron chi connectivity index (χ1n) is 9.53. The van der Waals surface area contributed by atoms with E-state index in [9.17, 15) is 13.6 Å². The summed E-state index contributed by atoms with van der Waals surface area (Å²) in [5, 5.41) is 0. The zero-order valence-electron chi connectivity index (χ0n) is 15.6. The van der Waals surface area contributed by atoms with Crippen LogP contribution in [0, 0.1) is 11.6 Å². The maximum atomic E-state index is 14.0. The van der Waals surface area contributed by atoms with Gasteiger partial charge in [0.05, 0.1) is 30.5 Å². The van der Waals surface area contributed by atoms with Gasteiger partial charge in [-0.2, -0.15) is 0 Å². The molecule has 1 aromatic heterocycles. The number of likely N-dealkylation sites (tertiary alicyclic amines) is 1. The molecule has 3 aromatic rings.